The summed E-state index contributed by atoms with van der Waals surface area (Å²) < 4.78 is 13.6. The van der Waals surface area contributed by atoms with E-state index in [0.717, 1.165) is 0 Å². The highest BCUT2D eigenvalue weighted by molar-refractivity contribution is 6.07. The van der Waals surface area contributed by atoms with Crippen LogP contribution >= 0.6 is 0 Å². The first-order valence-electron chi connectivity index (χ1n) is 5.73. The molecule has 1 amide bonds. The van der Waals surface area contributed by atoms with E-state index < -0.39 is 6.10 Å². The van der Waals surface area contributed by atoms with E-state index in [1.54, 1.807) is 31.2 Å². The van der Waals surface area contributed by atoms with Gasteiger partial charge >= 0.3 is 0 Å². The van der Waals surface area contributed by atoms with E-state index in [1.807, 2.05) is 0 Å². The van der Waals surface area contributed by atoms with Crippen molar-refractivity contribution < 1.29 is 14.3 Å². The Bertz CT molecular complexity index is 581. The molecule has 0 heterocycles. The van der Waals surface area contributed by atoms with Crippen molar-refractivity contribution in [2.75, 3.05) is 6.54 Å². The van der Waals surface area contributed by atoms with Gasteiger partial charge in [-0.1, -0.05) is 24.3 Å². The van der Waals surface area contributed by atoms with Gasteiger partial charge in [0, 0.05) is 17.5 Å². The first-order chi connectivity index (χ1) is 8.59. The standard InChI is InChI=1S/C14H14FNO2/c1-9(17)8-16-14(18)12-6-7-13(15)11-5-3-2-4-10(11)12/h2-7,9,17H,8H2,1H3,(H,16,18)/t9-/m1/s1. The van der Waals surface area contributed by atoms with Gasteiger partial charge < -0.3 is 10.4 Å². The van der Waals surface area contributed by atoms with Crippen molar-refractivity contribution in [1.29, 1.82) is 0 Å². The summed E-state index contributed by atoms with van der Waals surface area (Å²) in [5, 5.41) is 12.7. The third-order valence-electron chi connectivity index (χ3n) is 2.67. The van der Waals surface area contributed by atoms with Crippen LogP contribution in [0.25, 0.3) is 10.8 Å². The predicted molar refractivity (Wildman–Crippen MR) is 67.9 cm³/mol. The Morgan fingerprint density at radius 1 is 1.28 bits per heavy atom. The number of rotatable bonds is 3. The van der Waals surface area contributed by atoms with Gasteiger partial charge in [0.1, 0.15) is 5.82 Å². The first-order valence-corrected chi connectivity index (χ1v) is 5.73. The number of hydrogen-bond acceptors (Lipinski definition) is 2. The van der Waals surface area contributed by atoms with Crippen molar-refractivity contribution >= 4 is 16.7 Å². The summed E-state index contributed by atoms with van der Waals surface area (Å²) in [6.07, 6.45) is -0.610. The Labute approximate surface area is 104 Å². The normalized spacial score (nSPS) is 12.4. The molecule has 1 atom stereocenters. The van der Waals surface area contributed by atoms with Crippen LogP contribution in [0.15, 0.2) is 36.4 Å². The molecule has 0 unspecified atom stereocenters. The Morgan fingerprint density at radius 2 is 1.94 bits per heavy atom. The Hall–Kier alpha value is -1.94. The maximum absolute atomic E-state index is 13.6. The summed E-state index contributed by atoms with van der Waals surface area (Å²) in [5.74, 6) is -0.662. The molecule has 0 saturated carbocycles. The summed E-state index contributed by atoms with van der Waals surface area (Å²) in [5.41, 5.74) is 0.410. The van der Waals surface area contributed by atoms with Gasteiger partial charge in [-0.3, -0.25) is 4.79 Å². The monoisotopic (exact) mass is 247 g/mol. The van der Waals surface area contributed by atoms with E-state index in [9.17, 15) is 9.18 Å². The van der Waals surface area contributed by atoms with Gasteiger partial charge in [-0.05, 0) is 24.4 Å². The summed E-state index contributed by atoms with van der Waals surface area (Å²) in [4.78, 5) is 11.9. The smallest absolute Gasteiger partial charge is 0.252 e. The summed E-state index contributed by atoms with van der Waals surface area (Å²) in [7, 11) is 0. The molecule has 2 N–H and O–H groups in total. The van der Waals surface area contributed by atoms with Crippen LogP contribution < -0.4 is 5.32 Å². The fourth-order valence-electron chi connectivity index (χ4n) is 1.80. The molecule has 0 aliphatic heterocycles. The van der Waals surface area contributed by atoms with E-state index in [2.05, 4.69) is 5.32 Å². The van der Waals surface area contributed by atoms with Crippen LogP contribution in [-0.4, -0.2) is 23.7 Å². The molecule has 3 nitrogen and oxygen atoms in total. The third kappa shape index (κ3) is 2.49. The van der Waals surface area contributed by atoms with E-state index in [0.29, 0.717) is 16.3 Å². The second-order valence-electron chi connectivity index (χ2n) is 4.20. The van der Waals surface area contributed by atoms with Crippen LogP contribution in [0.3, 0.4) is 0 Å². The molecule has 2 aromatic carbocycles. The Kier molecular flexibility index (Phi) is 3.58. The van der Waals surface area contributed by atoms with Gasteiger partial charge in [0.15, 0.2) is 0 Å². The second kappa shape index (κ2) is 5.14. The van der Waals surface area contributed by atoms with Gasteiger partial charge in [-0.15, -0.1) is 0 Å². The van der Waals surface area contributed by atoms with Gasteiger partial charge in [0.05, 0.1) is 6.10 Å². The van der Waals surface area contributed by atoms with Crippen molar-refractivity contribution in [3.8, 4) is 0 Å². The number of nitrogens with one attached hydrogen (secondary N) is 1. The maximum atomic E-state index is 13.6. The molecule has 4 heteroatoms. The zero-order valence-corrected chi connectivity index (χ0v) is 9.98. The number of hydrogen-bond donors (Lipinski definition) is 2. The minimum Gasteiger partial charge on any atom is -0.392 e. The highest BCUT2D eigenvalue weighted by atomic mass is 19.1. The number of carbonyl (C=O) groups excluding carboxylic acids is 1. The molecule has 2 rings (SSSR count). The van der Waals surface area contributed by atoms with Crippen LogP contribution in [0.4, 0.5) is 4.39 Å². The van der Waals surface area contributed by atoms with Crippen LogP contribution in [-0.2, 0) is 0 Å². The van der Waals surface area contributed by atoms with Crippen molar-refractivity contribution in [3.05, 3.63) is 47.8 Å². The van der Waals surface area contributed by atoms with E-state index in [-0.39, 0.29) is 18.3 Å². The maximum Gasteiger partial charge on any atom is 0.252 e. The quantitative estimate of drug-likeness (QED) is 0.872. The molecule has 2 aromatic rings. The topological polar surface area (TPSA) is 49.3 Å². The molecular weight excluding hydrogens is 233 g/mol. The van der Waals surface area contributed by atoms with Gasteiger partial charge in [0.2, 0.25) is 0 Å². The van der Waals surface area contributed by atoms with Crippen LogP contribution in [0, 0.1) is 5.82 Å². The average molecular weight is 247 g/mol. The molecule has 0 fully saturated rings. The van der Waals surface area contributed by atoms with Crippen LogP contribution in [0.5, 0.6) is 0 Å². The van der Waals surface area contributed by atoms with Gasteiger partial charge in [-0.25, -0.2) is 4.39 Å². The van der Waals surface area contributed by atoms with Crippen molar-refractivity contribution in [3.63, 3.8) is 0 Å². The number of benzene rings is 2. The second-order valence-corrected chi connectivity index (χ2v) is 4.20. The Morgan fingerprint density at radius 3 is 2.61 bits per heavy atom. The van der Waals surface area contributed by atoms with E-state index in [1.165, 1.54) is 12.1 Å². The number of aliphatic hydroxyl groups is 1. The summed E-state index contributed by atoms with van der Waals surface area (Å²) in [6.45, 7) is 1.76. The molecule has 0 aromatic heterocycles. The number of fused-ring (bicyclic) bond motifs is 1. The van der Waals surface area contributed by atoms with E-state index in [4.69, 9.17) is 5.11 Å². The molecule has 0 bridgehead atoms. The molecule has 0 aliphatic carbocycles. The summed E-state index contributed by atoms with van der Waals surface area (Å²) in [6, 6.07) is 9.55. The average Bonchev–Trinajstić information content (AvgIpc) is 2.37. The Balaban J connectivity index is 2.39. The molecule has 0 spiro atoms. The molecular formula is C14H14FNO2. The van der Waals surface area contributed by atoms with Crippen LogP contribution in [0.2, 0.25) is 0 Å². The highest BCUT2D eigenvalue weighted by Gasteiger charge is 2.12. The number of carbonyl (C=O) groups is 1. The van der Waals surface area contributed by atoms with E-state index >= 15 is 0 Å². The van der Waals surface area contributed by atoms with Gasteiger partial charge in [-0.2, -0.15) is 0 Å². The minimum absolute atomic E-state index is 0.171. The lowest BCUT2D eigenvalue weighted by Gasteiger charge is -2.09. The van der Waals surface area contributed by atoms with Crippen molar-refractivity contribution in [2.45, 2.75) is 13.0 Å². The van der Waals surface area contributed by atoms with Crippen molar-refractivity contribution in [2.24, 2.45) is 0 Å². The molecule has 94 valence electrons. The number of amides is 1. The van der Waals surface area contributed by atoms with Crippen LogP contribution in [0.1, 0.15) is 17.3 Å². The molecule has 18 heavy (non-hydrogen) atoms. The lowest BCUT2D eigenvalue weighted by molar-refractivity contribution is 0.0925. The largest absolute Gasteiger partial charge is 0.392 e. The predicted octanol–water partition coefficient (Wildman–Crippen LogP) is 2.09. The number of aliphatic hydroxyl groups excluding tert-OH is 1. The lowest BCUT2D eigenvalue weighted by Crippen LogP contribution is -2.30. The van der Waals surface area contributed by atoms with Crippen molar-refractivity contribution in [1.82, 2.24) is 5.32 Å². The summed E-state index contributed by atoms with van der Waals surface area (Å²) >= 11 is 0. The zero-order valence-electron chi connectivity index (χ0n) is 9.98. The molecule has 0 saturated heterocycles. The fraction of sp³-hybridized carbons (Fsp3) is 0.214. The highest BCUT2D eigenvalue weighted by Crippen LogP contribution is 2.21. The third-order valence-corrected chi connectivity index (χ3v) is 2.67. The molecule has 0 aliphatic rings. The fourth-order valence-corrected chi connectivity index (χ4v) is 1.80. The number of halogens is 1. The van der Waals surface area contributed by atoms with Gasteiger partial charge in [0.25, 0.3) is 5.91 Å². The SMILES string of the molecule is C[C@@H](O)CNC(=O)c1ccc(F)c2ccccc12. The zero-order chi connectivity index (χ0) is 13.1. The minimum atomic E-state index is -0.610. The first kappa shape index (κ1) is 12.5. The lowest BCUT2D eigenvalue weighted by atomic mass is 10.0. The molecule has 0 radical (unpaired) electrons.